The van der Waals surface area contributed by atoms with Gasteiger partial charge in [0.2, 0.25) is 5.91 Å². The van der Waals surface area contributed by atoms with Crippen molar-refractivity contribution in [2.75, 3.05) is 32.1 Å². The highest BCUT2D eigenvalue weighted by atomic mass is 19.1. The summed E-state index contributed by atoms with van der Waals surface area (Å²) in [5, 5.41) is 0. The van der Waals surface area contributed by atoms with Gasteiger partial charge in [0.25, 0.3) is 0 Å². The van der Waals surface area contributed by atoms with Gasteiger partial charge in [-0.15, -0.1) is 0 Å². The molecule has 0 N–H and O–H groups in total. The molecule has 5 heteroatoms. The fourth-order valence-electron chi connectivity index (χ4n) is 4.34. The maximum Gasteiger partial charge on any atom is 0.240 e. The van der Waals surface area contributed by atoms with Crippen LogP contribution in [0.3, 0.4) is 0 Å². The monoisotopic (exact) mass is 381 g/mol. The molecule has 4 nitrogen and oxygen atoms in total. The first-order valence-corrected chi connectivity index (χ1v) is 10.1. The van der Waals surface area contributed by atoms with Crippen LogP contribution in [-0.2, 0) is 24.3 Å². The number of halogens is 1. The van der Waals surface area contributed by atoms with E-state index in [0.29, 0.717) is 13.1 Å². The second-order valence-electron chi connectivity index (χ2n) is 8.11. The molecular weight excluding hydrogens is 353 g/mol. The summed E-state index contributed by atoms with van der Waals surface area (Å²) in [6, 6.07) is 13.1. The molecule has 0 saturated carbocycles. The first kappa shape index (κ1) is 18.9. The molecule has 2 aromatic carbocycles. The smallest absolute Gasteiger partial charge is 0.240 e. The summed E-state index contributed by atoms with van der Waals surface area (Å²) < 4.78 is 13.2. The lowest BCUT2D eigenvalue weighted by molar-refractivity contribution is -0.137. The Bertz CT molecular complexity index is 849. The van der Waals surface area contributed by atoms with E-state index >= 15 is 0 Å². The molecule has 1 unspecified atom stereocenters. The van der Waals surface area contributed by atoms with E-state index in [4.69, 9.17) is 0 Å². The Morgan fingerprint density at radius 2 is 1.89 bits per heavy atom. The zero-order valence-electron chi connectivity index (χ0n) is 16.7. The number of rotatable bonds is 4. The number of amides is 1. The molecule has 28 heavy (non-hydrogen) atoms. The highest BCUT2D eigenvalue weighted by Crippen LogP contribution is 2.27. The molecule has 1 amide bonds. The average Bonchev–Trinajstić information content (AvgIpc) is 3.16. The van der Waals surface area contributed by atoms with Crippen molar-refractivity contribution in [2.45, 2.75) is 38.4 Å². The van der Waals surface area contributed by atoms with Crippen LogP contribution in [-0.4, -0.2) is 48.9 Å². The van der Waals surface area contributed by atoms with E-state index in [9.17, 15) is 9.18 Å². The van der Waals surface area contributed by atoms with Crippen molar-refractivity contribution < 1.29 is 9.18 Å². The molecule has 0 aromatic heterocycles. The third-order valence-corrected chi connectivity index (χ3v) is 5.98. The predicted octanol–water partition coefficient (Wildman–Crippen LogP) is 3.44. The summed E-state index contributed by atoms with van der Waals surface area (Å²) in [6.07, 6.45) is 2.85. The molecule has 1 saturated heterocycles. The molecule has 2 aromatic rings. The van der Waals surface area contributed by atoms with Crippen LogP contribution in [0.1, 0.15) is 29.5 Å². The molecule has 2 aliphatic rings. The minimum absolute atomic E-state index is 0.0661. The Hall–Kier alpha value is -2.40. The van der Waals surface area contributed by atoms with Gasteiger partial charge in [-0.2, -0.15) is 0 Å². The lowest BCUT2D eigenvalue weighted by Gasteiger charge is -2.34. The Labute approximate surface area is 166 Å². The zero-order valence-corrected chi connectivity index (χ0v) is 16.7. The Morgan fingerprint density at radius 3 is 2.64 bits per heavy atom. The Balaban J connectivity index is 1.46. The third kappa shape index (κ3) is 3.90. The standard InChI is InChI=1S/C23H28FN3O/c1-25(2)21-10-7-18-11-13-27(16-19(18)14-21)23(28)22-4-3-12-26(22)15-17-5-8-20(24)9-6-17/h5-10,14,22H,3-4,11-13,15-16H2,1-2H3. The topological polar surface area (TPSA) is 26.8 Å². The van der Waals surface area contributed by atoms with Gasteiger partial charge in [0.15, 0.2) is 0 Å². The molecule has 2 aliphatic heterocycles. The van der Waals surface area contributed by atoms with Crippen molar-refractivity contribution in [1.29, 1.82) is 0 Å². The minimum atomic E-state index is -0.220. The molecule has 4 rings (SSSR count). The normalized spacial score (nSPS) is 19.5. The first-order chi connectivity index (χ1) is 13.5. The third-order valence-electron chi connectivity index (χ3n) is 5.98. The van der Waals surface area contributed by atoms with Crippen LogP contribution in [0.2, 0.25) is 0 Å². The number of benzene rings is 2. The summed E-state index contributed by atoms with van der Waals surface area (Å²) >= 11 is 0. The van der Waals surface area contributed by atoms with Crippen LogP contribution >= 0.6 is 0 Å². The maximum absolute atomic E-state index is 13.3. The second-order valence-corrected chi connectivity index (χ2v) is 8.11. The van der Waals surface area contributed by atoms with Gasteiger partial charge in [-0.3, -0.25) is 9.69 Å². The lowest BCUT2D eigenvalue weighted by Crippen LogP contribution is -2.47. The summed E-state index contributed by atoms with van der Waals surface area (Å²) in [6.45, 7) is 3.10. The highest BCUT2D eigenvalue weighted by Gasteiger charge is 2.34. The minimum Gasteiger partial charge on any atom is -0.378 e. The fraction of sp³-hybridized carbons (Fsp3) is 0.435. The lowest BCUT2D eigenvalue weighted by atomic mass is 9.98. The molecule has 2 heterocycles. The number of carbonyl (C=O) groups excluding carboxylic acids is 1. The number of fused-ring (bicyclic) bond motifs is 1. The van der Waals surface area contributed by atoms with E-state index in [1.165, 1.54) is 28.9 Å². The number of nitrogens with zero attached hydrogens (tertiary/aromatic N) is 3. The van der Waals surface area contributed by atoms with Crippen LogP contribution in [0.15, 0.2) is 42.5 Å². The summed E-state index contributed by atoms with van der Waals surface area (Å²) in [5.74, 6) is 0.0161. The first-order valence-electron chi connectivity index (χ1n) is 10.1. The van der Waals surface area contributed by atoms with Crippen molar-refractivity contribution in [1.82, 2.24) is 9.80 Å². The van der Waals surface area contributed by atoms with Gasteiger partial charge >= 0.3 is 0 Å². The average molecular weight is 381 g/mol. The van der Waals surface area contributed by atoms with Crippen molar-refractivity contribution in [3.05, 3.63) is 65.0 Å². The van der Waals surface area contributed by atoms with Gasteiger partial charge in [-0.25, -0.2) is 4.39 Å². The van der Waals surface area contributed by atoms with E-state index in [-0.39, 0.29) is 17.8 Å². The summed E-state index contributed by atoms with van der Waals surface area (Å²) in [4.78, 5) is 19.7. The van der Waals surface area contributed by atoms with Crippen LogP contribution in [0.4, 0.5) is 10.1 Å². The van der Waals surface area contributed by atoms with Crippen molar-refractivity contribution in [3.8, 4) is 0 Å². The van der Waals surface area contributed by atoms with Gasteiger partial charge < -0.3 is 9.80 Å². The Kier molecular flexibility index (Phi) is 5.36. The van der Waals surface area contributed by atoms with Crippen LogP contribution < -0.4 is 4.90 Å². The molecule has 1 fully saturated rings. The molecule has 0 radical (unpaired) electrons. The van der Waals surface area contributed by atoms with Crippen molar-refractivity contribution in [3.63, 3.8) is 0 Å². The van der Waals surface area contributed by atoms with Gasteiger partial charge in [0, 0.05) is 39.4 Å². The van der Waals surface area contributed by atoms with Crippen LogP contribution in [0.25, 0.3) is 0 Å². The van der Waals surface area contributed by atoms with Crippen molar-refractivity contribution >= 4 is 11.6 Å². The van der Waals surface area contributed by atoms with E-state index in [2.05, 4.69) is 28.0 Å². The summed E-state index contributed by atoms with van der Waals surface area (Å²) in [7, 11) is 4.08. The van der Waals surface area contributed by atoms with Gasteiger partial charge in [-0.1, -0.05) is 18.2 Å². The highest BCUT2D eigenvalue weighted by molar-refractivity contribution is 5.82. The molecule has 0 bridgehead atoms. The molecule has 0 aliphatic carbocycles. The van der Waals surface area contributed by atoms with Crippen molar-refractivity contribution in [2.24, 2.45) is 0 Å². The zero-order chi connectivity index (χ0) is 19.7. The van der Waals surface area contributed by atoms with Gasteiger partial charge in [-0.05, 0) is 66.8 Å². The molecule has 1 atom stereocenters. The van der Waals surface area contributed by atoms with Gasteiger partial charge in [0.1, 0.15) is 5.82 Å². The van der Waals surface area contributed by atoms with E-state index < -0.39 is 0 Å². The molecular formula is C23H28FN3O. The van der Waals surface area contributed by atoms with E-state index in [0.717, 1.165) is 37.9 Å². The van der Waals surface area contributed by atoms with Crippen LogP contribution in [0, 0.1) is 5.82 Å². The molecule has 148 valence electrons. The van der Waals surface area contributed by atoms with E-state index in [1.807, 2.05) is 31.1 Å². The maximum atomic E-state index is 13.3. The van der Waals surface area contributed by atoms with E-state index in [1.54, 1.807) is 0 Å². The SMILES string of the molecule is CN(C)c1ccc2c(c1)CN(C(=O)C1CCCN1Cc1ccc(F)cc1)CC2. The number of carbonyl (C=O) groups is 1. The van der Waals surface area contributed by atoms with Crippen LogP contribution in [0.5, 0.6) is 0 Å². The number of hydrogen-bond acceptors (Lipinski definition) is 3. The number of hydrogen-bond donors (Lipinski definition) is 0. The van der Waals surface area contributed by atoms with Gasteiger partial charge in [0.05, 0.1) is 6.04 Å². The molecule has 0 spiro atoms. The largest absolute Gasteiger partial charge is 0.378 e. The Morgan fingerprint density at radius 1 is 1.11 bits per heavy atom. The quantitative estimate of drug-likeness (QED) is 0.812. The second kappa shape index (κ2) is 7.92. The summed E-state index contributed by atoms with van der Waals surface area (Å²) in [5.41, 5.74) is 4.84. The number of anilines is 1. The fourth-order valence-corrected chi connectivity index (χ4v) is 4.34. The predicted molar refractivity (Wildman–Crippen MR) is 110 cm³/mol. The number of likely N-dealkylation sites (tertiary alicyclic amines) is 1.